The first kappa shape index (κ1) is 8.52. The zero-order chi connectivity index (χ0) is 9.97. The van der Waals surface area contributed by atoms with E-state index in [4.69, 9.17) is 5.26 Å². The third-order valence-corrected chi connectivity index (χ3v) is 2.11. The van der Waals surface area contributed by atoms with E-state index in [9.17, 15) is 0 Å². The van der Waals surface area contributed by atoms with E-state index in [1.165, 1.54) is 0 Å². The van der Waals surface area contributed by atoms with Crippen LogP contribution in [0.1, 0.15) is 5.56 Å². The summed E-state index contributed by atoms with van der Waals surface area (Å²) in [5.41, 5.74) is 2.62. The molecule has 0 N–H and O–H groups in total. The molecule has 2 aromatic rings. The zero-order valence-electron chi connectivity index (χ0n) is 7.81. The molecule has 2 aromatic heterocycles. The van der Waals surface area contributed by atoms with Gasteiger partial charge >= 0.3 is 0 Å². The van der Waals surface area contributed by atoms with Gasteiger partial charge in [0.25, 0.3) is 0 Å². The second-order valence-electron chi connectivity index (χ2n) is 3.08. The molecule has 0 fully saturated rings. The molecular formula is C11H9N3. The minimum Gasteiger partial charge on any atom is -0.351 e. The van der Waals surface area contributed by atoms with Crippen LogP contribution in [0.15, 0.2) is 36.8 Å². The highest BCUT2D eigenvalue weighted by molar-refractivity contribution is 5.60. The van der Waals surface area contributed by atoms with Gasteiger partial charge in [0.2, 0.25) is 0 Å². The van der Waals surface area contributed by atoms with Crippen molar-refractivity contribution in [3.05, 3.63) is 42.4 Å². The zero-order valence-corrected chi connectivity index (χ0v) is 7.81. The van der Waals surface area contributed by atoms with Gasteiger partial charge in [-0.15, -0.1) is 0 Å². The van der Waals surface area contributed by atoms with Crippen molar-refractivity contribution >= 4 is 0 Å². The SMILES string of the molecule is Cn1cccc1-c1cncc(C#N)c1. The van der Waals surface area contributed by atoms with E-state index in [1.54, 1.807) is 12.4 Å². The Morgan fingerprint density at radius 2 is 2.29 bits per heavy atom. The summed E-state index contributed by atoms with van der Waals surface area (Å²) in [5.74, 6) is 0. The topological polar surface area (TPSA) is 41.6 Å². The lowest BCUT2D eigenvalue weighted by Crippen LogP contribution is -1.90. The Hall–Kier alpha value is -2.08. The maximum Gasteiger partial charge on any atom is 0.101 e. The van der Waals surface area contributed by atoms with Crippen LogP contribution in [0.5, 0.6) is 0 Å². The van der Waals surface area contributed by atoms with Gasteiger partial charge in [-0.3, -0.25) is 4.98 Å². The molecule has 2 rings (SSSR count). The first-order valence-electron chi connectivity index (χ1n) is 4.28. The lowest BCUT2D eigenvalue weighted by atomic mass is 10.1. The number of nitrogens with zero attached hydrogens (tertiary/aromatic N) is 3. The summed E-state index contributed by atoms with van der Waals surface area (Å²) >= 11 is 0. The van der Waals surface area contributed by atoms with Gasteiger partial charge in [0, 0.05) is 36.9 Å². The van der Waals surface area contributed by atoms with Crippen molar-refractivity contribution in [1.82, 2.24) is 9.55 Å². The molecule has 0 radical (unpaired) electrons. The highest BCUT2D eigenvalue weighted by Gasteiger charge is 2.02. The van der Waals surface area contributed by atoms with Crippen molar-refractivity contribution in [2.45, 2.75) is 0 Å². The van der Waals surface area contributed by atoms with E-state index in [-0.39, 0.29) is 0 Å². The largest absolute Gasteiger partial charge is 0.351 e. The van der Waals surface area contributed by atoms with Crippen LogP contribution in [0.3, 0.4) is 0 Å². The van der Waals surface area contributed by atoms with Crippen LogP contribution in [-0.4, -0.2) is 9.55 Å². The number of rotatable bonds is 1. The molecule has 0 unspecified atom stereocenters. The molecule has 3 nitrogen and oxygen atoms in total. The van der Waals surface area contributed by atoms with Crippen molar-refractivity contribution in [3.63, 3.8) is 0 Å². The lowest BCUT2D eigenvalue weighted by molar-refractivity contribution is 0.936. The van der Waals surface area contributed by atoms with Gasteiger partial charge in [0.1, 0.15) is 6.07 Å². The predicted molar refractivity (Wildman–Crippen MR) is 53.4 cm³/mol. The molecule has 68 valence electrons. The minimum absolute atomic E-state index is 0.587. The fraction of sp³-hybridized carbons (Fsp3) is 0.0909. The van der Waals surface area contributed by atoms with Crippen molar-refractivity contribution in [1.29, 1.82) is 5.26 Å². The normalized spacial score (nSPS) is 9.71. The maximum absolute atomic E-state index is 8.73. The molecular weight excluding hydrogens is 174 g/mol. The van der Waals surface area contributed by atoms with E-state index in [0.717, 1.165) is 11.3 Å². The third-order valence-electron chi connectivity index (χ3n) is 2.11. The van der Waals surface area contributed by atoms with Crippen LogP contribution >= 0.6 is 0 Å². The van der Waals surface area contributed by atoms with Gasteiger partial charge in [0.05, 0.1) is 5.56 Å². The monoisotopic (exact) mass is 183 g/mol. The van der Waals surface area contributed by atoms with E-state index in [0.29, 0.717) is 5.56 Å². The Bertz CT molecular complexity index is 491. The average molecular weight is 183 g/mol. The molecule has 0 aromatic carbocycles. The predicted octanol–water partition coefficient (Wildman–Crippen LogP) is 1.96. The second kappa shape index (κ2) is 3.35. The molecule has 0 amide bonds. The Kier molecular flexibility index (Phi) is 2.04. The molecule has 14 heavy (non-hydrogen) atoms. The summed E-state index contributed by atoms with van der Waals surface area (Å²) in [6.07, 6.45) is 5.29. The second-order valence-corrected chi connectivity index (χ2v) is 3.08. The van der Waals surface area contributed by atoms with E-state index < -0.39 is 0 Å². The van der Waals surface area contributed by atoms with Crippen LogP contribution in [-0.2, 0) is 7.05 Å². The summed E-state index contributed by atoms with van der Waals surface area (Å²) in [6.45, 7) is 0. The number of aromatic nitrogens is 2. The third kappa shape index (κ3) is 1.38. The molecule has 2 heterocycles. The van der Waals surface area contributed by atoms with Gasteiger partial charge in [-0.25, -0.2) is 0 Å². The number of hydrogen-bond donors (Lipinski definition) is 0. The Balaban J connectivity index is 2.53. The summed E-state index contributed by atoms with van der Waals surface area (Å²) in [6, 6.07) is 7.88. The Morgan fingerprint density at radius 3 is 2.93 bits per heavy atom. The lowest BCUT2D eigenvalue weighted by Gasteiger charge is -2.02. The first-order chi connectivity index (χ1) is 6.81. The number of nitriles is 1. The van der Waals surface area contributed by atoms with Crippen LogP contribution in [0.2, 0.25) is 0 Å². The van der Waals surface area contributed by atoms with Gasteiger partial charge in [-0.1, -0.05) is 0 Å². The molecule has 3 heteroatoms. The van der Waals surface area contributed by atoms with Gasteiger partial charge in [0.15, 0.2) is 0 Å². The van der Waals surface area contributed by atoms with Crippen LogP contribution in [0.25, 0.3) is 11.3 Å². The number of pyridine rings is 1. The summed E-state index contributed by atoms with van der Waals surface area (Å²) in [5, 5.41) is 8.73. The molecule has 0 saturated carbocycles. The van der Waals surface area contributed by atoms with Crippen LogP contribution < -0.4 is 0 Å². The smallest absolute Gasteiger partial charge is 0.101 e. The van der Waals surface area contributed by atoms with Crippen LogP contribution in [0.4, 0.5) is 0 Å². The number of aryl methyl sites for hydroxylation is 1. The average Bonchev–Trinajstić information content (AvgIpc) is 2.65. The minimum atomic E-state index is 0.587. The summed E-state index contributed by atoms with van der Waals surface area (Å²) in [7, 11) is 1.97. The molecule has 0 saturated heterocycles. The molecule has 0 aliphatic carbocycles. The van der Waals surface area contributed by atoms with E-state index in [2.05, 4.69) is 11.1 Å². The van der Waals surface area contributed by atoms with Gasteiger partial charge < -0.3 is 4.57 Å². The Morgan fingerprint density at radius 1 is 1.43 bits per heavy atom. The first-order valence-corrected chi connectivity index (χ1v) is 4.28. The Labute approximate surface area is 82.2 Å². The van der Waals surface area contributed by atoms with Crippen molar-refractivity contribution < 1.29 is 0 Å². The van der Waals surface area contributed by atoms with Crippen molar-refractivity contribution in [3.8, 4) is 17.3 Å². The highest BCUT2D eigenvalue weighted by Crippen LogP contribution is 2.18. The van der Waals surface area contributed by atoms with E-state index >= 15 is 0 Å². The van der Waals surface area contributed by atoms with E-state index in [1.807, 2.05) is 36.0 Å². The molecule has 0 bridgehead atoms. The van der Waals surface area contributed by atoms with Gasteiger partial charge in [-0.2, -0.15) is 5.26 Å². The molecule has 0 aliphatic heterocycles. The maximum atomic E-state index is 8.73. The summed E-state index contributed by atoms with van der Waals surface area (Å²) in [4.78, 5) is 4.02. The van der Waals surface area contributed by atoms with Crippen LogP contribution in [0, 0.1) is 11.3 Å². The van der Waals surface area contributed by atoms with Crippen molar-refractivity contribution in [2.75, 3.05) is 0 Å². The molecule has 0 aliphatic rings. The fourth-order valence-corrected chi connectivity index (χ4v) is 1.40. The summed E-state index contributed by atoms with van der Waals surface area (Å²) < 4.78 is 2.00. The number of hydrogen-bond acceptors (Lipinski definition) is 2. The fourth-order valence-electron chi connectivity index (χ4n) is 1.40. The molecule has 0 atom stereocenters. The highest BCUT2D eigenvalue weighted by atomic mass is 14.9. The van der Waals surface area contributed by atoms with Gasteiger partial charge in [-0.05, 0) is 18.2 Å². The van der Waals surface area contributed by atoms with Crippen molar-refractivity contribution in [2.24, 2.45) is 7.05 Å². The standard InChI is InChI=1S/C11H9N3/c1-14-4-2-3-11(14)10-5-9(6-12)7-13-8-10/h2-5,7-8H,1H3. The molecule has 0 spiro atoms. The quantitative estimate of drug-likeness (QED) is 0.678.